The standard InChI is InChI=1S/C7H8F3NO3/c8-7(9,10)6(14)11-2-3-1-4(3)5(12)13/h3-4H,1-2H2,(H,11,14)(H,12,13)/t3-,4-/m1/s1. The number of amides is 1. The van der Waals surface area contributed by atoms with Gasteiger partial charge in [-0.25, -0.2) is 0 Å². The van der Waals surface area contributed by atoms with E-state index in [9.17, 15) is 22.8 Å². The average Bonchev–Trinajstić information content (AvgIpc) is 2.76. The molecule has 1 saturated carbocycles. The van der Waals surface area contributed by atoms with Gasteiger partial charge in [-0.3, -0.25) is 9.59 Å². The van der Waals surface area contributed by atoms with Crippen LogP contribution in [0.15, 0.2) is 0 Å². The predicted octanol–water partition coefficient (Wildman–Crippen LogP) is 0.386. The van der Waals surface area contributed by atoms with Gasteiger partial charge in [0.05, 0.1) is 5.92 Å². The zero-order valence-electron chi connectivity index (χ0n) is 6.97. The fourth-order valence-corrected chi connectivity index (χ4v) is 1.10. The molecule has 0 heterocycles. The van der Waals surface area contributed by atoms with E-state index in [1.54, 1.807) is 5.32 Å². The van der Waals surface area contributed by atoms with E-state index in [1.165, 1.54) is 0 Å². The molecule has 1 rings (SSSR count). The van der Waals surface area contributed by atoms with Crippen molar-refractivity contribution in [1.82, 2.24) is 5.32 Å². The van der Waals surface area contributed by atoms with E-state index in [4.69, 9.17) is 5.11 Å². The van der Waals surface area contributed by atoms with Crippen molar-refractivity contribution in [2.45, 2.75) is 12.6 Å². The van der Waals surface area contributed by atoms with Crippen LogP contribution < -0.4 is 5.32 Å². The van der Waals surface area contributed by atoms with Crippen molar-refractivity contribution < 1.29 is 27.9 Å². The quantitative estimate of drug-likeness (QED) is 0.709. The Labute approximate surface area is 77.1 Å². The maximum absolute atomic E-state index is 11.6. The molecule has 1 fully saturated rings. The van der Waals surface area contributed by atoms with Crippen LogP contribution in [0, 0.1) is 11.8 Å². The Morgan fingerprint density at radius 3 is 2.36 bits per heavy atom. The summed E-state index contributed by atoms with van der Waals surface area (Å²) in [5.41, 5.74) is 0. The predicted molar refractivity (Wildman–Crippen MR) is 38.3 cm³/mol. The summed E-state index contributed by atoms with van der Waals surface area (Å²) in [6, 6.07) is 0. The molecular formula is C7H8F3NO3. The molecule has 0 aromatic carbocycles. The van der Waals surface area contributed by atoms with Gasteiger partial charge in [0, 0.05) is 6.54 Å². The molecule has 0 spiro atoms. The lowest BCUT2D eigenvalue weighted by Gasteiger charge is -2.06. The lowest BCUT2D eigenvalue weighted by atomic mass is 10.3. The number of rotatable bonds is 3. The summed E-state index contributed by atoms with van der Waals surface area (Å²) in [5.74, 6) is -4.02. The van der Waals surface area contributed by atoms with E-state index in [1.807, 2.05) is 0 Å². The summed E-state index contributed by atoms with van der Waals surface area (Å²) in [6.07, 6.45) is -4.57. The van der Waals surface area contributed by atoms with Gasteiger partial charge in [-0.1, -0.05) is 0 Å². The number of carboxylic acid groups (broad SMARTS) is 1. The Balaban J connectivity index is 2.24. The first-order valence-corrected chi connectivity index (χ1v) is 3.90. The SMILES string of the molecule is O=C(O)[C@@H]1C[C@@H]1CNC(=O)C(F)(F)F. The second-order valence-corrected chi connectivity index (χ2v) is 3.15. The number of carboxylic acids is 1. The second-order valence-electron chi connectivity index (χ2n) is 3.15. The van der Waals surface area contributed by atoms with Gasteiger partial charge in [0.2, 0.25) is 0 Å². The topological polar surface area (TPSA) is 66.4 Å². The van der Waals surface area contributed by atoms with Crippen molar-refractivity contribution >= 4 is 11.9 Å². The summed E-state index contributed by atoms with van der Waals surface area (Å²) in [6.45, 7) is -0.227. The monoisotopic (exact) mass is 211 g/mol. The molecule has 0 aromatic rings. The van der Waals surface area contributed by atoms with Crippen molar-refractivity contribution in [3.05, 3.63) is 0 Å². The first-order chi connectivity index (χ1) is 6.32. The molecular weight excluding hydrogens is 203 g/mol. The lowest BCUT2D eigenvalue weighted by Crippen LogP contribution is -2.38. The maximum Gasteiger partial charge on any atom is 0.471 e. The van der Waals surface area contributed by atoms with Crippen LogP contribution in [0.5, 0.6) is 0 Å². The highest BCUT2D eigenvalue weighted by atomic mass is 19.4. The number of carbonyl (C=O) groups is 2. The highest BCUT2D eigenvalue weighted by Crippen LogP contribution is 2.37. The number of aliphatic carboxylic acids is 1. The van der Waals surface area contributed by atoms with Crippen molar-refractivity contribution in [2.75, 3.05) is 6.54 Å². The molecule has 1 aliphatic rings. The van der Waals surface area contributed by atoms with Gasteiger partial charge in [-0.2, -0.15) is 13.2 Å². The molecule has 1 aliphatic carbocycles. The Kier molecular flexibility index (Phi) is 2.68. The molecule has 0 bridgehead atoms. The van der Waals surface area contributed by atoms with Crippen LogP contribution in [0.3, 0.4) is 0 Å². The first kappa shape index (κ1) is 10.8. The number of nitrogens with one attached hydrogen (secondary N) is 1. The van der Waals surface area contributed by atoms with E-state index >= 15 is 0 Å². The van der Waals surface area contributed by atoms with Gasteiger partial charge in [0.25, 0.3) is 0 Å². The van der Waals surface area contributed by atoms with Crippen LogP contribution in [-0.2, 0) is 9.59 Å². The Morgan fingerprint density at radius 1 is 1.43 bits per heavy atom. The van der Waals surface area contributed by atoms with E-state index in [0.717, 1.165) is 0 Å². The lowest BCUT2D eigenvalue weighted by molar-refractivity contribution is -0.173. The molecule has 4 nitrogen and oxygen atoms in total. The minimum Gasteiger partial charge on any atom is -0.481 e. The molecule has 0 aliphatic heterocycles. The zero-order chi connectivity index (χ0) is 10.9. The molecule has 2 N–H and O–H groups in total. The van der Waals surface area contributed by atoms with Crippen molar-refractivity contribution in [3.8, 4) is 0 Å². The van der Waals surface area contributed by atoms with Crippen LogP contribution in [0.2, 0.25) is 0 Å². The summed E-state index contributed by atoms with van der Waals surface area (Å²) >= 11 is 0. The van der Waals surface area contributed by atoms with Crippen molar-refractivity contribution in [2.24, 2.45) is 11.8 Å². The van der Waals surface area contributed by atoms with Gasteiger partial charge in [-0.05, 0) is 12.3 Å². The van der Waals surface area contributed by atoms with E-state index < -0.39 is 24.0 Å². The Hall–Kier alpha value is -1.27. The fourth-order valence-electron chi connectivity index (χ4n) is 1.10. The van der Waals surface area contributed by atoms with Crippen LogP contribution >= 0.6 is 0 Å². The smallest absolute Gasteiger partial charge is 0.471 e. The minimum absolute atomic E-state index is 0.227. The summed E-state index contributed by atoms with van der Waals surface area (Å²) < 4.78 is 34.9. The van der Waals surface area contributed by atoms with Crippen molar-refractivity contribution in [1.29, 1.82) is 0 Å². The largest absolute Gasteiger partial charge is 0.481 e. The molecule has 80 valence electrons. The summed E-state index contributed by atoms with van der Waals surface area (Å²) in [4.78, 5) is 20.6. The van der Waals surface area contributed by atoms with Gasteiger partial charge in [0.1, 0.15) is 0 Å². The third kappa shape index (κ3) is 2.61. The van der Waals surface area contributed by atoms with Crippen LogP contribution in [-0.4, -0.2) is 29.7 Å². The van der Waals surface area contributed by atoms with Gasteiger partial charge >= 0.3 is 18.1 Å². The molecule has 2 atom stereocenters. The van der Waals surface area contributed by atoms with Crippen LogP contribution in [0.25, 0.3) is 0 Å². The van der Waals surface area contributed by atoms with Gasteiger partial charge < -0.3 is 10.4 Å². The van der Waals surface area contributed by atoms with Crippen LogP contribution in [0.4, 0.5) is 13.2 Å². The van der Waals surface area contributed by atoms with E-state index in [0.29, 0.717) is 6.42 Å². The van der Waals surface area contributed by atoms with E-state index in [2.05, 4.69) is 0 Å². The minimum atomic E-state index is -4.90. The number of carbonyl (C=O) groups excluding carboxylic acids is 1. The van der Waals surface area contributed by atoms with E-state index in [-0.39, 0.29) is 12.5 Å². The highest BCUT2D eigenvalue weighted by Gasteiger charge is 2.45. The molecule has 0 saturated heterocycles. The first-order valence-electron chi connectivity index (χ1n) is 3.90. The Bertz CT molecular complexity index is 263. The van der Waals surface area contributed by atoms with Crippen LogP contribution in [0.1, 0.15) is 6.42 Å². The number of hydrogen-bond donors (Lipinski definition) is 2. The normalized spacial score (nSPS) is 25.6. The second kappa shape index (κ2) is 3.47. The molecule has 0 unspecified atom stereocenters. The fraction of sp³-hybridized carbons (Fsp3) is 0.714. The number of hydrogen-bond acceptors (Lipinski definition) is 2. The van der Waals surface area contributed by atoms with Crippen molar-refractivity contribution in [3.63, 3.8) is 0 Å². The van der Waals surface area contributed by atoms with Gasteiger partial charge in [0.15, 0.2) is 0 Å². The number of halogens is 3. The highest BCUT2D eigenvalue weighted by molar-refractivity contribution is 5.81. The maximum atomic E-state index is 11.6. The molecule has 1 amide bonds. The summed E-state index contributed by atoms with van der Waals surface area (Å²) in [5, 5.41) is 10.1. The third-order valence-electron chi connectivity index (χ3n) is 2.02. The molecule has 0 aromatic heterocycles. The zero-order valence-corrected chi connectivity index (χ0v) is 6.97. The third-order valence-corrected chi connectivity index (χ3v) is 2.02. The van der Waals surface area contributed by atoms with Gasteiger partial charge in [-0.15, -0.1) is 0 Å². The molecule has 7 heteroatoms. The molecule has 0 radical (unpaired) electrons. The summed E-state index contributed by atoms with van der Waals surface area (Å²) in [7, 11) is 0. The average molecular weight is 211 g/mol. The number of alkyl halides is 3. The molecule has 14 heavy (non-hydrogen) atoms. The Morgan fingerprint density at radius 2 is 2.00 bits per heavy atom.